The fourth-order valence-electron chi connectivity index (χ4n) is 1.33. The van der Waals surface area contributed by atoms with E-state index < -0.39 is 5.91 Å². The zero-order valence-electron chi connectivity index (χ0n) is 10.3. The first-order valence-electron chi connectivity index (χ1n) is 5.42. The standard InChI is InChI=1S/C12H16N4O2/c1-4-6-13-11(17)9-8-16(3)15-10(9)12(18)14-7-5-2/h4-5,8H,1-2,6-7H2,3H3,(H,13,17)(H,14,18). The summed E-state index contributed by atoms with van der Waals surface area (Å²) in [4.78, 5) is 23.6. The van der Waals surface area contributed by atoms with Gasteiger partial charge in [-0.2, -0.15) is 5.10 Å². The average Bonchev–Trinajstić information content (AvgIpc) is 2.75. The van der Waals surface area contributed by atoms with Gasteiger partial charge in [-0.15, -0.1) is 13.2 Å². The molecule has 0 bridgehead atoms. The minimum absolute atomic E-state index is 0.0981. The predicted molar refractivity (Wildman–Crippen MR) is 68.3 cm³/mol. The Hall–Kier alpha value is -2.37. The minimum Gasteiger partial charge on any atom is -0.348 e. The first kappa shape index (κ1) is 13.7. The Morgan fingerprint density at radius 3 is 2.39 bits per heavy atom. The number of aromatic nitrogens is 2. The van der Waals surface area contributed by atoms with Crippen molar-refractivity contribution in [2.45, 2.75) is 0 Å². The van der Waals surface area contributed by atoms with Crippen molar-refractivity contribution >= 4 is 11.8 Å². The van der Waals surface area contributed by atoms with Crippen LogP contribution in [0, 0.1) is 0 Å². The van der Waals surface area contributed by atoms with Gasteiger partial charge in [0, 0.05) is 26.3 Å². The molecule has 0 unspecified atom stereocenters. The SMILES string of the molecule is C=CCNC(=O)c1cn(C)nc1C(=O)NCC=C. The third-order valence-electron chi connectivity index (χ3n) is 2.10. The van der Waals surface area contributed by atoms with Gasteiger partial charge in [-0.25, -0.2) is 0 Å². The van der Waals surface area contributed by atoms with Crippen LogP contribution < -0.4 is 10.6 Å². The van der Waals surface area contributed by atoms with Crippen LogP contribution in [-0.4, -0.2) is 34.7 Å². The number of carbonyl (C=O) groups excluding carboxylic acids is 2. The first-order valence-corrected chi connectivity index (χ1v) is 5.42. The molecule has 0 fully saturated rings. The third-order valence-corrected chi connectivity index (χ3v) is 2.10. The van der Waals surface area contributed by atoms with Gasteiger partial charge in [0.2, 0.25) is 0 Å². The van der Waals surface area contributed by atoms with Crippen LogP contribution in [0.25, 0.3) is 0 Å². The van der Waals surface area contributed by atoms with Crippen molar-refractivity contribution in [3.63, 3.8) is 0 Å². The second-order valence-electron chi connectivity index (χ2n) is 3.56. The number of hydrogen-bond donors (Lipinski definition) is 2. The smallest absolute Gasteiger partial charge is 0.272 e. The lowest BCUT2D eigenvalue weighted by atomic mass is 10.2. The molecule has 18 heavy (non-hydrogen) atoms. The van der Waals surface area contributed by atoms with Crippen LogP contribution in [-0.2, 0) is 7.05 Å². The van der Waals surface area contributed by atoms with Gasteiger partial charge < -0.3 is 10.6 Å². The summed E-state index contributed by atoms with van der Waals surface area (Å²) in [6.45, 7) is 7.66. The van der Waals surface area contributed by atoms with E-state index >= 15 is 0 Å². The molecule has 1 aromatic rings. The maximum atomic E-state index is 11.8. The Kier molecular flexibility index (Phi) is 4.86. The molecule has 0 spiro atoms. The monoisotopic (exact) mass is 248 g/mol. The van der Waals surface area contributed by atoms with Crippen molar-refractivity contribution < 1.29 is 9.59 Å². The number of aryl methyl sites for hydroxylation is 1. The summed E-state index contributed by atoms with van der Waals surface area (Å²) in [6.07, 6.45) is 4.62. The summed E-state index contributed by atoms with van der Waals surface area (Å²) in [6, 6.07) is 0. The fourth-order valence-corrected chi connectivity index (χ4v) is 1.33. The van der Waals surface area contributed by atoms with Crippen LogP contribution in [0.5, 0.6) is 0 Å². The topological polar surface area (TPSA) is 76.0 Å². The van der Waals surface area contributed by atoms with E-state index in [0.29, 0.717) is 13.1 Å². The third kappa shape index (κ3) is 3.31. The zero-order chi connectivity index (χ0) is 13.5. The Bertz CT molecular complexity index is 435. The maximum absolute atomic E-state index is 11.8. The van der Waals surface area contributed by atoms with Crippen LogP contribution in [0.3, 0.4) is 0 Å². The highest BCUT2D eigenvalue weighted by Gasteiger charge is 2.20. The summed E-state index contributed by atoms with van der Waals surface area (Å²) in [5.74, 6) is -0.758. The number of nitrogens with zero attached hydrogens (tertiary/aromatic N) is 2. The molecule has 6 nitrogen and oxygen atoms in total. The lowest BCUT2D eigenvalue weighted by Gasteiger charge is -2.03. The van der Waals surface area contributed by atoms with Crippen molar-refractivity contribution in [2.75, 3.05) is 13.1 Å². The van der Waals surface area contributed by atoms with E-state index in [4.69, 9.17) is 0 Å². The highest BCUT2D eigenvalue weighted by atomic mass is 16.2. The van der Waals surface area contributed by atoms with Crippen LogP contribution in [0.4, 0.5) is 0 Å². The summed E-state index contributed by atoms with van der Waals surface area (Å²) in [5.41, 5.74) is 0.335. The minimum atomic E-state index is -0.403. The maximum Gasteiger partial charge on any atom is 0.272 e. The van der Waals surface area contributed by atoms with Crippen molar-refractivity contribution in [1.82, 2.24) is 20.4 Å². The van der Waals surface area contributed by atoms with E-state index in [9.17, 15) is 9.59 Å². The van der Waals surface area contributed by atoms with Gasteiger partial charge in [-0.05, 0) is 0 Å². The number of carbonyl (C=O) groups is 2. The molecule has 2 N–H and O–H groups in total. The van der Waals surface area contributed by atoms with Gasteiger partial charge in [-0.3, -0.25) is 14.3 Å². The van der Waals surface area contributed by atoms with E-state index in [1.807, 2.05) is 0 Å². The number of nitrogens with one attached hydrogen (secondary N) is 2. The van der Waals surface area contributed by atoms with Gasteiger partial charge in [-0.1, -0.05) is 12.2 Å². The zero-order valence-corrected chi connectivity index (χ0v) is 10.3. The molecule has 1 heterocycles. The van der Waals surface area contributed by atoms with Gasteiger partial charge in [0.15, 0.2) is 5.69 Å². The average molecular weight is 248 g/mol. The number of hydrogen-bond acceptors (Lipinski definition) is 3. The Balaban J connectivity index is 2.91. The van der Waals surface area contributed by atoms with Gasteiger partial charge in [0.25, 0.3) is 11.8 Å². The van der Waals surface area contributed by atoms with Crippen LogP contribution in [0.15, 0.2) is 31.5 Å². The predicted octanol–water partition coefficient (Wildman–Crippen LogP) is 0.252. The molecular formula is C12H16N4O2. The molecule has 2 amide bonds. The quantitative estimate of drug-likeness (QED) is 0.709. The van der Waals surface area contributed by atoms with Crippen LogP contribution >= 0.6 is 0 Å². The lowest BCUT2D eigenvalue weighted by Crippen LogP contribution is -2.29. The summed E-state index contributed by atoms with van der Waals surface area (Å²) in [5, 5.41) is 9.16. The molecule has 0 radical (unpaired) electrons. The van der Waals surface area contributed by atoms with Crippen LogP contribution in [0.2, 0.25) is 0 Å². The lowest BCUT2D eigenvalue weighted by molar-refractivity contribution is 0.0921. The van der Waals surface area contributed by atoms with E-state index in [2.05, 4.69) is 28.9 Å². The van der Waals surface area contributed by atoms with Gasteiger partial charge >= 0.3 is 0 Å². The van der Waals surface area contributed by atoms with Crippen molar-refractivity contribution in [3.05, 3.63) is 42.8 Å². The Labute approximate surface area is 105 Å². The molecule has 1 rings (SSSR count). The molecule has 0 aliphatic carbocycles. The van der Waals surface area contributed by atoms with E-state index in [0.717, 1.165) is 0 Å². The first-order chi connectivity index (χ1) is 8.60. The van der Waals surface area contributed by atoms with Crippen molar-refractivity contribution in [2.24, 2.45) is 7.05 Å². The van der Waals surface area contributed by atoms with Crippen LogP contribution in [0.1, 0.15) is 20.8 Å². The molecule has 1 aromatic heterocycles. The highest BCUT2D eigenvalue weighted by Crippen LogP contribution is 2.06. The molecule has 6 heteroatoms. The number of rotatable bonds is 6. The normalized spacial score (nSPS) is 9.61. The van der Waals surface area contributed by atoms with E-state index in [1.165, 1.54) is 10.9 Å². The van der Waals surface area contributed by atoms with Gasteiger partial charge in [0.05, 0.1) is 5.56 Å². The Morgan fingerprint density at radius 1 is 1.28 bits per heavy atom. The molecule has 0 aliphatic heterocycles. The summed E-state index contributed by atoms with van der Waals surface area (Å²) in [7, 11) is 1.65. The van der Waals surface area contributed by atoms with Crippen molar-refractivity contribution in [1.29, 1.82) is 0 Å². The summed E-state index contributed by atoms with van der Waals surface area (Å²) < 4.78 is 1.42. The van der Waals surface area contributed by atoms with E-state index in [1.54, 1.807) is 19.2 Å². The number of amides is 2. The second kappa shape index (κ2) is 6.39. The van der Waals surface area contributed by atoms with Gasteiger partial charge in [0.1, 0.15) is 0 Å². The molecule has 0 saturated carbocycles. The molecular weight excluding hydrogens is 232 g/mol. The summed E-state index contributed by atoms with van der Waals surface area (Å²) >= 11 is 0. The fraction of sp³-hybridized carbons (Fsp3) is 0.250. The molecule has 96 valence electrons. The molecule has 0 aromatic carbocycles. The highest BCUT2D eigenvalue weighted by molar-refractivity contribution is 6.05. The second-order valence-corrected chi connectivity index (χ2v) is 3.56. The molecule has 0 saturated heterocycles. The van der Waals surface area contributed by atoms with Crippen molar-refractivity contribution in [3.8, 4) is 0 Å². The largest absolute Gasteiger partial charge is 0.348 e. The Morgan fingerprint density at radius 2 is 1.83 bits per heavy atom. The molecule has 0 atom stereocenters. The molecule has 0 aliphatic rings. The van der Waals surface area contributed by atoms with E-state index in [-0.39, 0.29) is 17.2 Å².